The van der Waals surface area contributed by atoms with Gasteiger partial charge in [0.05, 0.1) is 0 Å². The summed E-state index contributed by atoms with van der Waals surface area (Å²) >= 11 is 5.80. The Morgan fingerprint density at radius 1 is 1.10 bits per heavy atom. The minimum Gasteiger partial charge on any atom is -0.336 e. The average molecular weight is 332 g/mol. The number of rotatable bonds is 3. The van der Waals surface area contributed by atoms with Crippen LogP contribution < -0.4 is 0 Å². The van der Waals surface area contributed by atoms with E-state index in [1.807, 2.05) is 0 Å². The molecule has 1 aromatic carbocycles. The second kappa shape index (κ2) is 6.31. The molecule has 6 nitrogen and oxygen atoms in total. The number of hydrogen-bond acceptors (Lipinski definition) is 3. The Bertz CT molecular complexity index is 608. The van der Waals surface area contributed by atoms with Gasteiger partial charge in [-0.2, -0.15) is 17.0 Å². The lowest BCUT2D eigenvalue weighted by Gasteiger charge is -2.35. The van der Waals surface area contributed by atoms with Crippen molar-refractivity contribution >= 4 is 27.7 Å². The number of carbonyl (C=O) groups is 1. The van der Waals surface area contributed by atoms with Crippen LogP contribution in [0.3, 0.4) is 0 Å². The maximum atomic E-state index is 12.3. The van der Waals surface area contributed by atoms with Gasteiger partial charge in [0.25, 0.3) is 16.1 Å². The molecule has 1 saturated heterocycles. The molecule has 0 saturated carbocycles. The molecule has 0 N–H and O–H groups in total. The summed E-state index contributed by atoms with van der Waals surface area (Å²) in [6, 6.07) is 6.68. The first kappa shape index (κ1) is 16.2. The van der Waals surface area contributed by atoms with Gasteiger partial charge in [-0.3, -0.25) is 4.79 Å². The molecular weight excluding hydrogens is 314 g/mol. The largest absolute Gasteiger partial charge is 0.336 e. The molecule has 0 spiro atoms. The zero-order chi connectivity index (χ0) is 15.6. The molecule has 1 aliphatic rings. The van der Waals surface area contributed by atoms with Gasteiger partial charge in [0.2, 0.25) is 0 Å². The molecule has 0 radical (unpaired) electrons. The van der Waals surface area contributed by atoms with Gasteiger partial charge < -0.3 is 4.90 Å². The normalized spacial score (nSPS) is 17.2. The molecule has 0 atom stereocenters. The van der Waals surface area contributed by atoms with E-state index in [9.17, 15) is 13.2 Å². The molecular formula is C13H18ClN3O3S. The van der Waals surface area contributed by atoms with Crippen LogP contribution in [0.25, 0.3) is 0 Å². The van der Waals surface area contributed by atoms with Crippen molar-refractivity contribution in [2.45, 2.75) is 0 Å². The standard InChI is InChI=1S/C13H18ClN3O3S/c1-15(2)21(19,20)17-9-7-16(8-10-17)13(18)11-3-5-12(14)6-4-11/h3-6H,7-10H2,1-2H3. The highest BCUT2D eigenvalue weighted by Gasteiger charge is 2.30. The number of hydrogen-bond donors (Lipinski definition) is 0. The molecule has 21 heavy (non-hydrogen) atoms. The predicted octanol–water partition coefficient (Wildman–Crippen LogP) is 0.904. The molecule has 0 unspecified atom stereocenters. The first-order valence-electron chi connectivity index (χ1n) is 6.55. The minimum absolute atomic E-state index is 0.103. The molecule has 1 heterocycles. The van der Waals surface area contributed by atoms with Gasteiger partial charge in [-0.1, -0.05) is 11.6 Å². The van der Waals surface area contributed by atoms with Crippen LogP contribution in [-0.4, -0.2) is 68.1 Å². The van der Waals surface area contributed by atoms with Crippen molar-refractivity contribution < 1.29 is 13.2 Å². The van der Waals surface area contributed by atoms with Gasteiger partial charge in [-0.15, -0.1) is 0 Å². The fourth-order valence-corrected chi connectivity index (χ4v) is 3.34. The summed E-state index contributed by atoms with van der Waals surface area (Å²) in [5.74, 6) is -0.103. The molecule has 0 bridgehead atoms. The molecule has 8 heteroatoms. The van der Waals surface area contributed by atoms with E-state index in [0.717, 1.165) is 0 Å². The summed E-state index contributed by atoms with van der Waals surface area (Å²) < 4.78 is 26.6. The highest BCUT2D eigenvalue weighted by molar-refractivity contribution is 7.86. The van der Waals surface area contributed by atoms with Gasteiger partial charge in [0.1, 0.15) is 0 Å². The minimum atomic E-state index is -3.41. The summed E-state index contributed by atoms with van der Waals surface area (Å²) in [6.07, 6.45) is 0. The molecule has 1 fully saturated rings. The summed E-state index contributed by atoms with van der Waals surface area (Å²) in [4.78, 5) is 14.0. The number of amides is 1. The van der Waals surface area contributed by atoms with E-state index >= 15 is 0 Å². The van der Waals surface area contributed by atoms with Crippen molar-refractivity contribution in [1.29, 1.82) is 0 Å². The molecule has 0 aliphatic carbocycles. The van der Waals surface area contributed by atoms with Crippen LogP contribution in [0.15, 0.2) is 24.3 Å². The molecule has 1 aromatic rings. The Hall–Kier alpha value is -1.15. The van der Waals surface area contributed by atoms with Crippen molar-refractivity contribution in [3.05, 3.63) is 34.9 Å². The Kier molecular flexibility index (Phi) is 4.88. The Morgan fingerprint density at radius 2 is 1.62 bits per heavy atom. The summed E-state index contributed by atoms with van der Waals surface area (Å²) in [5.41, 5.74) is 0.559. The van der Waals surface area contributed by atoms with Crippen molar-refractivity contribution in [1.82, 2.24) is 13.5 Å². The molecule has 1 aliphatic heterocycles. The van der Waals surface area contributed by atoms with Crippen molar-refractivity contribution in [3.63, 3.8) is 0 Å². The molecule has 2 rings (SSSR count). The second-order valence-electron chi connectivity index (χ2n) is 4.99. The molecule has 0 aromatic heterocycles. The average Bonchev–Trinajstić information content (AvgIpc) is 2.47. The van der Waals surface area contributed by atoms with Crippen LogP contribution in [-0.2, 0) is 10.2 Å². The van der Waals surface area contributed by atoms with E-state index in [-0.39, 0.29) is 5.91 Å². The van der Waals surface area contributed by atoms with Gasteiger partial charge in [-0.25, -0.2) is 0 Å². The maximum absolute atomic E-state index is 12.3. The molecule has 116 valence electrons. The third kappa shape index (κ3) is 3.55. The van der Waals surface area contributed by atoms with E-state index in [4.69, 9.17) is 11.6 Å². The summed E-state index contributed by atoms with van der Waals surface area (Å²) in [5, 5.41) is 0.577. The first-order chi connectivity index (χ1) is 9.82. The zero-order valence-electron chi connectivity index (χ0n) is 12.0. The van der Waals surface area contributed by atoms with E-state index in [1.54, 1.807) is 29.2 Å². The third-order valence-electron chi connectivity index (χ3n) is 3.40. The summed E-state index contributed by atoms with van der Waals surface area (Å²) in [7, 11) is -0.407. The van der Waals surface area contributed by atoms with Gasteiger partial charge in [0, 0.05) is 50.9 Å². The highest BCUT2D eigenvalue weighted by atomic mass is 35.5. The predicted molar refractivity (Wildman–Crippen MR) is 81.5 cm³/mol. The van der Waals surface area contributed by atoms with Crippen LogP contribution in [0.5, 0.6) is 0 Å². The number of benzene rings is 1. The quantitative estimate of drug-likeness (QED) is 0.827. The number of piperazine rings is 1. The van der Waals surface area contributed by atoms with Gasteiger partial charge >= 0.3 is 0 Å². The fraction of sp³-hybridized carbons (Fsp3) is 0.462. The SMILES string of the molecule is CN(C)S(=O)(=O)N1CCN(C(=O)c2ccc(Cl)cc2)CC1. The topological polar surface area (TPSA) is 60.9 Å². The van der Waals surface area contributed by atoms with Crippen LogP contribution in [0.4, 0.5) is 0 Å². The van der Waals surface area contributed by atoms with Crippen molar-refractivity contribution in [2.24, 2.45) is 0 Å². The van der Waals surface area contributed by atoms with Gasteiger partial charge in [0.15, 0.2) is 0 Å². The van der Waals surface area contributed by atoms with Crippen LogP contribution >= 0.6 is 11.6 Å². The Balaban J connectivity index is 2.01. The van der Waals surface area contributed by atoms with E-state index in [0.29, 0.717) is 36.8 Å². The van der Waals surface area contributed by atoms with Crippen LogP contribution in [0.2, 0.25) is 5.02 Å². The smallest absolute Gasteiger partial charge is 0.281 e. The lowest BCUT2D eigenvalue weighted by molar-refractivity contribution is 0.0695. The number of carbonyl (C=O) groups excluding carboxylic acids is 1. The lowest BCUT2D eigenvalue weighted by atomic mass is 10.2. The zero-order valence-corrected chi connectivity index (χ0v) is 13.6. The van der Waals surface area contributed by atoms with E-state index in [1.165, 1.54) is 22.7 Å². The fourth-order valence-electron chi connectivity index (χ4n) is 2.13. The van der Waals surface area contributed by atoms with E-state index in [2.05, 4.69) is 0 Å². The van der Waals surface area contributed by atoms with Gasteiger partial charge in [-0.05, 0) is 24.3 Å². The van der Waals surface area contributed by atoms with Crippen LogP contribution in [0, 0.1) is 0 Å². The van der Waals surface area contributed by atoms with Crippen molar-refractivity contribution in [2.75, 3.05) is 40.3 Å². The maximum Gasteiger partial charge on any atom is 0.281 e. The number of halogens is 1. The van der Waals surface area contributed by atoms with E-state index < -0.39 is 10.2 Å². The first-order valence-corrected chi connectivity index (χ1v) is 8.32. The Labute approximate surface area is 130 Å². The highest BCUT2D eigenvalue weighted by Crippen LogP contribution is 2.14. The monoisotopic (exact) mass is 331 g/mol. The Morgan fingerprint density at radius 3 is 2.10 bits per heavy atom. The summed E-state index contributed by atoms with van der Waals surface area (Å²) in [6.45, 7) is 1.38. The lowest BCUT2D eigenvalue weighted by Crippen LogP contribution is -2.53. The molecule has 1 amide bonds. The number of nitrogens with zero attached hydrogens (tertiary/aromatic N) is 3. The second-order valence-corrected chi connectivity index (χ2v) is 7.57. The van der Waals surface area contributed by atoms with Crippen LogP contribution in [0.1, 0.15) is 10.4 Å². The van der Waals surface area contributed by atoms with Crippen molar-refractivity contribution in [3.8, 4) is 0 Å². The third-order valence-corrected chi connectivity index (χ3v) is 5.60.